The molecule has 1 N–H and O–H groups in total. The molecule has 2 aliphatic heterocycles. The molecule has 1 fully saturated rings. The first-order valence-electron chi connectivity index (χ1n) is 5.13. The molecule has 1 aromatic heterocycles. The number of nitrogens with one attached hydrogen (secondary N) is 1. The van der Waals surface area contributed by atoms with Gasteiger partial charge in [0.2, 0.25) is 5.91 Å². The van der Waals surface area contributed by atoms with Gasteiger partial charge in [0.05, 0.1) is 6.54 Å². The van der Waals surface area contributed by atoms with Crippen LogP contribution in [-0.4, -0.2) is 22.7 Å². The lowest BCUT2D eigenvalue weighted by Gasteiger charge is -2.33. The van der Waals surface area contributed by atoms with E-state index in [1.54, 1.807) is 5.38 Å². The molecule has 0 spiro atoms. The maximum atomic E-state index is 14.5. The van der Waals surface area contributed by atoms with Crippen LogP contribution in [0, 0.1) is 0 Å². The summed E-state index contributed by atoms with van der Waals surface area (Å²) in [5.74, 6) is -3.07. The second kappa shape index (κ2) is 3.51. The van der Waals surface area contributed by atoms with Crippen LogP contribution in [0.2, 0.25) is 0 Å². The number of nitrogens with zero attached hydrogens (tertiary/aromatic N) is 1. The third-order valence-electron chi connectivity index (χ3n) is 2.90. The number of thiophene rings is 1. The molecule has 0 bridgehead atoms. The topological polar surface area (TPSA) is 58.6 Å². The molecule has 2 aliphatic rings. The van der Waals surface area contributed by atoms with Crippen molar-refractivity contribution in [1.82, 2.24) is 10.4 Å². The van der Waals surface area contributed by atoms with Crippen molar-refractivity contribution in [2.45, 2.75) is 25.2 Å². The zero-order valence-electron chi connectivity index (χ0n) is 8.73. The fourth-order valence-electron chi connectivity index (χ4n) is 1.93. The highest BCUT2D eigenvalue weighted by Crippen LogP contribution is 2.38. The van der Waals surface area contributed by atoms with E-state index in [4.69, 9.17) is 4.84 Å². The minimum absolute atomic E-state index is 0.0189. The Balaban J connectivity index is 1.83. The van der Waals surface area contributed by atoms with Crippen LogP contribution in [0.15, 0.2) is 10.8 Å². The molecule has 1 saturated heterocycles. The van der Waals surface area contributed by atoms with Gasteiger partial charge in [-0.3, -0.25) is 14.9 Å². The van der Waals surface area contributed by atoms with Crippen LogP contribution in [0.5, 0.6) is 5.75 Å². The Morgan fingerprint density at radius 3 is 3.00 bits per heavy atom. The molecule has 0 aromatic carbocycles. The third-order valence-corrected chi connectivity index (χ3v) is 3.67. The Morgan fingerprint density at radius 2 is 2.29 bits per heavy atom. The predicted octanol–water partition coefficient (Wildman–Crippen LogP) is 0.960. The first kappa shape index (κ1) is 10.7. The number of carbonyl (C=O) groups excluding carboxylic acids is 2. The summed E-state index contributed by atoms with van der Waals surface area (Å²) in [6, 6.07) is 0. The van der Waals surface area contributed by atoms with Gasteiger partial charge in [0.15, 0.2) is 5.75 Å². The Kier molecular flexibility index (Phi) is 2.20. The van der Waals surface area contributed by atoms with Crippen LogP contribution in [0.4, 0.5) is 4.39 Å². The lowest BCUT2D eigenvalue weighted by Crippen LogP contribution is -2.60. The van der Waals surface area contributed by atoms with E-state index >= 15 is 0 Å². The lowest BCUT2D eigenvalue weighted by molar-refractivity contribution is -0.208. The molecule has 0 radical (unpaired) electrons. The van der Waals surface area contributed by atoms with Crippen LogP contribution in [-0.2, 0) is 16.1 Å². The summed E-state index contributed by atoms with van der Waals surface area (Å²) in [6.45, 7) is 0.219. The average molecular weight is 256 g/mol. The maximum Gasteiger partial charge on any atom is 0.282 e. The fourth-order valence-corrected chi connectivity index (χ4v) is 2.67. The van der Waals surface area contributed by atoms with Crippen LogP contribution in [0.1, 0.15) is 18.4 Å². The van der Waals surface area contributed by atoms with Crippen LogP contribution in [0.3, 0.4) is 0 Å². The summed E-state index contributed by atoms with van der Waals surface area (Å²) in [7, 11) is 0. The van der Waals surface area contributed by atoms with Crippen molar-refractivity contribution >= 4 is 23.2 Å². The molecular weight excluding hydrogens is 247 g/mol. The molecule has 2 amide bonds. The molecule has 3 heterocycles. The molecule has 3 rings (SSSR count). The number of piperidine rings is 1. The second-order valence-corrected chi connectivity index (χ2v) is 4.77. The maximum absolute atomic E-state index is 14.5. The van der Waals surface area contributed by atoms with E-state index in [0.717, 1.165) is 10.6 Å². The number of rotatable bonds is 1. The normalized spacial score (nSPS) is 28.8. The first-order chi connectivity index (χ1) is 8.09. The average Bonchev–Trinajstić information content (AvgIpc) is 2.84. The van der Waals surface area contributed by atoms with Crippen molar-refractivity contribution in [3.63, 3.8) is 0 Å². The van der Waals surface area contributed by atoms with Crippen molar-refractivity contribution < 1.29 is 18.8 Å². The van der Waals surface area contributed by atoms with Gasteiger partial charge in [-0.25, -0.2) is 4.39 Å². The van der Waals surface area contributed by atoms with Crippen LogP contribution < -0.4 is 10.2 Å². The molecule has 17 heavy (non-hydrogen) atoms. The first-order valence-corrected chi connectivity index (χ1v) is 6.08. The highest BCUT2D eigenvalue weighted by molar-refractivity contribution is 7.08. The SMILES string of the molecule is O=C1CCC(F)(N2Cc3cscc3O2)C(=O)N1. The molecule has 5 nitrogen and oxygen atoms in total. The molecule has 1 atom stereocenters. The molecule has 1 aromatic rings. The van der Waals surface area contributed by atoms with Gasteiger partial charge in [0, 0.05) is 23.8 Å². The Hall–Kier alpha value is -1.47. The van der Waals surface area contributed by atoms with E-state index in [1.807, 2.05) is 10.7 Å². The zero-order chi connectivity index (χ0) is 12.0. The summed E-state index contributed by atoms with van der Waals surface area (Å²) >= 11 is 1.46. The van der Waals surface area contributed by atoms with E-state index in [-0.39, 0.29) is 19.4 Å². The van der Waals surface area contributed by atoms with E-state index in [2.05, 4.69) is 0 Å². The molecule has 1 unspecified atom stereocenters. The minimum Gasteiger partial charge on any atom is -0.401 e. The van der Waals surface area contributed by atoms with Gasteiger partial charge in [0.25, 0.3) is 11.7 Å². The van der Waals surface area contributed by atoms with Gasteiger partial charge in [0.1, 0.15) is 0 Å². The van der Waals surface area contributed by atoms with Gasteiger partial charge < -0.3 is 4.84 Å². The number of hydrogen-bond acceptors (Lipinski definition) is 5. The predicted molar refractivity (Wildman–Crippen MR) is 56.7 cm³/mol. The monoisotopic (exact) mass is 256 g/mol. The van der Waals surface area contributed by atoms with Crippen LogP contribution >= 0.6 is 11.3 Å². The molecule has 90 valence electrons. The Labute approximate surface area is 100 Å². The van der Waals surface area contributed by atoms with Gasteiger partial charge in [-0.15, -0.1) is 11.3 Å². The van der Waals surface area contributed by atoms with E-state index in [0.29, 0.717) is 5.75 Å². The number of carbonyl (C=O) groups is 2. The molecular formula is C10H9FN2O3S. The van der Waals surface area contributed by atoms with Gasteiger partial charge in [-0.1, -0.05) is 5.06 Å². The van der Waals surface area contributed by atoms with E-state index in [1.165, 1.54) is 11.3 Å². The number of alkyl halides is 1. The summed E-state index contributed by atoms with van der Waals surface area (Å²) in [5.41, 5.74) is 0.858. The quantitative estimate of drug-likeness (QED) is 0.600. The molecule has 0 aliphatic carbocycles. The van der Waals surface area contributed by atoms with Crippen LogP contribution in [0.25, 0.3) is 0 Å². The van der Waals surface area contributed by atoms with Crippen molar-refractivity contribution in [2.24, 2.45) is 0 Å². The number of hydroxylamine groups is 2. The standard InChI is InChI=1S/C10H9FN2O3S/c11-10(2-1-8(14)12-9(10)15)13-3-6-4-17-5-7(6)16-13/h4-5H,1-3H2,(H,12,14,15). The highest BCUT2D eigenvalue weighted by Gasteiger charge is 2.52. The number of hydrogen-bond donors (Lipinski definition) is 1. The summed E-state index contributed by atoms with van der Waals surface area (Å²) in [4.78, 5) is 27.8. The summed E-state index contributed by atoms with van der Waals surface area (Å²) < 4.78 is 14.5. The summed E-state index contributed by atoms with van der Waals surface area (Å²) in [5, 5.41) is 6.61. The zero-order valence-corrected chi connectivity index (χ0v) is 9.55. The van der Waals surface area contributed by atoms with Gasteiger partial charge >= 0.3 is 0 Å². The van der Waals surface area contributed by atoms with Crippen molar-refractivity contribution in [1.29, 1.82) is 0 Å². The second-order valence-electron chi connectivity index (χ2n) is 4.03. The smallest absolute Gasteiger partial charge is 0.282 e. The van der Waals surface area contributed by atoms with E-state index < -0.39 is 17.6 Å². The Bertz CT molecular complexity index is 483. The fraction of sp³-hybridized carbons (Fsp3) is 0.400. The number of amides is 2. The lowest BCUT2D eigenvalue weighted by atomic mass is 10.0. The van der Waals surface area contributed by atoms with E-state index in [9.17, 15) is 14.0 Å². The highest BCUT2D eigenvalue weighted by atomic mass is 32.1. The van der Waals surface area contributed by atoms with Gasteiger partial charge in [-0.05, 0) is 5.38 Å². The largest absolute Gasteiger partial charge is 0.401 e. The molecule has 0 saturated carbocycles. The number of imide groups is 1. The summed E-state index contributed by atoms with van der Waals surface area (Å²) in [6.07, 6.45) is -0.194. The van der Waals surface area contributed by atoms with Crippen molar-refractivity contribution in [3.05, 3.63) is 16.3 Å². The third kappa shape index (κ3) is 1.54. The van der Waals surface area contributed by atoms with Crippen molar-refractivity contribution in [3.8, 4) is 5.75 Å². The minimum atomic E-state index is -2.26. The van der Waals surface area contributed by atoms with Crippen molar-refractivity contribution in [2.75, 3.05) is 0 Å². The van der Waals surface area contributed by atoms with Gasteiger partial charge in [-0.2, -0.15) is 0 Å². The Morgan fingerprint density at radius 1 is 1.47 bits per heavy atom. The molecule has 7 heteroatoms. The number of halogens is 1. The number of fused-ring (bicyclic) bond motifs is 1.